The van der Waals surface area contributed by atoms with Crippen molar-refractivity contribution in [3.8, 4) is 11.4 Å². The van der Waals surface area contributed by atoms with Gasteiger partial charge in [-0.1, -0.05) is 54.6 Å². The SMILES string of the molecule is O=C(NCc1ccc(-c2ncc[nH]2)cc1)N1CCC(c2ccccc2)CC1. The van der Waals surface area contributed by atoms with Crippen molar-refractivity contribution in [2.45, 2.75) is 25.3 Å². The number of nitrogens with zero attached hydrogens (tertiary/aromatic N) is 2. The van der Waals surface area contributed by atoms with Crippen LogP contribution in [0.3, 0.4) is 0 Å². The van der Waals surface area contributed by atoms with Crippen molar-refractivity contribution < 1.29 is 4.79 Å². The molecule has 2 aromatic carbocycles. The van der Waals surface area contributed by atoms with Crippen LogP contribution in [0.2, 0.25) is 0 Å². The molecule has 5 nitrogen and oxygen atoms in total. The summed E-state index contributed by atoms with van der Waals surface area (Å²) in [5.74, 6) is 1.41. The second-order valence-corrected chi connectivity index (χ2v) is 6.97. The fourth-order valence-electron chi connectivity index (χ4n) is 3.63. The van der Waals surface area contributed by atoms with Crippen molar-refractivity contribution in [3.63, 3.8) is 0 Å². The predicted molar refractivity (Wildman–Crippen MR) is 106 cm³/mol. The quantitative estimate of drug-likeness (QED) is 0.734. The van der Waals surface area contributed by atoms with E-state index in [-0.39, 0.29) is 6.03 Å². The Bertz CT molecular complexity index is 851. The number of hydrogen-bond donors (Lipinski definition) is 2. The number of likely N-dealkylation sites (tertiary alicyclic amines) is 1. The van der Waals surface area contributed by atoms with Gasteiger partial charge in [0.2, 0.25) is 0 Å². The molecular weight excluding hydrogens is 336 g/mol. The Kier molecular flexibility index (Phi) is 5.19. The monoisotopic (exact) mass is 360 g/mol. The lowest BCUT2D eigenvalue weighted by Gasteiger charge is -2.32. The van der Waals surface area contributed by atoms with Crippen LogP contribution in [0, 0.1) is 0 Å². The zero-order valence-electron chi connectivity index (χ0n) is 15.3. The van der Waals surface area contributed by atoms with Gasteiger partial charge in [0.15, 0.2) is 0 Å². The number of nitrogens with one attached hydrogen (secondary N) is 2. The summed E-state index contributed by atoms with van der Waals surface area (Å²) in [6.45, 7) is 2.15. The molecule has 5 heteroatoms. The first-order chi connectivity index (χ1) is 13.3. The zero-order chi connectivity index (χ0) is 18.5. The number of carbonyl (C=O) groups is 1. The molecule has 3 aromatic rings. The first-order valence-electron chi connectivity index (χ1n) is 9.46. The van der Waals surface area contributed by atoms with Crippen molar-refractivity contribution in [1.82, 2.24) is 20.2 Å². The summed E-state index contributed by atoms with van der Waals surface area (Å²) in [4.78, 5) is 21.7. The number of hydrogen-bond acceptors (Lipinski definition) is 2. The molecule has 0 bridgehead atoms. The second-order valence-electron chi connectivity index (χ2n) is 6.97. The summed E-state index contributed by atoms with van der Waals surface area (Å²) in [6, 6.07) is 18.7. The third kappa shape index (κ3) is 4.19. The molecule has 1 aliphatic rings. The average Bonchev–Trinajstić information content (AvgIpc) is 3.28. The van der Waals surface area contributed by atoms with Gasteiger partial charge in [-0.05, 0) is 29.9 Å². The van der Waals surface area contributed by atoms with Crippen molar-refractivity contribution in [1.29, 1.82) is 0 Å². The Morgan fingerprint density at radius 2 is 1.81 bits per heavy atom. The van der Waals surface area contributed by atoms with Crippen LogP contribution in [0.4, 0.5) is 4.79 Å². The Hall–Kier alpha value is -3.08. The van der Waals surface area contributed by atoms with Gasteiger partial charge in [-0.2, -0.15) is 0 Å². The van der Waals surface area contributed by atoms with Crippen LogP contribution in [-0.4, -0.2) is 34.0 Å². The Balaban J connectivity index is 1.26. The largest absolute Gasteiger partial charge is 0.345 e. The highest BCUT2D eigenvalue weighted by molar-refractivity contribution is 5.74. The van der Waals surface area contributed by atoms with E-state index in [1.165, 1.54) is 5.56 Å². The van der Waals surface area contributed by atoms with Crippen molar-refractivity contribution in [2.75, 3.05) is 13.1 Å². The van der Waals surface area contributed by atoms with Crippen molar-refractivity contribution in [2.24, 2.45) is 0 Å². The van der Waals surface area contributed by atoms with Crippen molar-refractivity contribution in [3.05, 3.63) is 78.1 Å². The van der Waals surface area contributed by atoms with Gasteiger partial charge < -0.3 is 15.2 Å². The number of aromatic nitrogens is 2. The van der Waals surface area contributed by atoms with Gasteiger partial charge in [-0.25, -0.2) is 9.78 Å². The van der Waals surface area contributed by atoms with Gasteiger partial charge >= 0.3 is 6.03 Å². The normalized spacial score (nSPS) is 14.9. The summed E-state index contributed by atoms with van der Waals surface area (Å²) >= 11 is 0. The minimum atomic E-state index is 0.0247. The zero-order valence-corrected chi connectivity index (χ0v) is 15.3. The molecule has 0 spiro atoms. The van der Waals surface area contributed by atoms with Gasteiger partial charge in [0.25, 0.3) is 0 Å². The van der Waals surface area contributed by atoms with Crippen LogP contribution in [0.1, 0.15) is 29.9 Å². The summed E-state index contributed by atoms with van der Waals surface area (Å²) < 4.78 is 0. The van der Waals surface area contributed by atoms with E-state index < -0.39 is 0 Å². The predicted octanol–water partition coefficient (Wildman–Crippen LogP) is 4.17. The van der Waals surface area contributed by atoms with E-state index >= 15 is 0 Å². The number of aromatic amines is 1. The third-order valence-electron chi connectivity index (χ3n) is 5.22. The first kappa shape index (κ1) is 17.3. The molecule has 0 atom stereocenters. The summed E-state index contributed by atoms with van der Waals surface area (Å²) in [5, 5.41) is 3.04. The molecule has 2 amide bonds. The van der Waals surface area contributed by atoms with Crippen molar-refractivity contribution >= 4 is 6.03 Å². The Labute approximate surface area is 159 Å². The van der Waals surface area contributed by atoms with E-state index in [0.717, 1.165) is 42.9 Å². The average molecular weight is 360 g/mol. The Morgan fingerprint density at radius 1 is 1.07 bits per heavy atom. The second kappa shape index (κ2) is 8.08. The van der Waals surface area contributed by atoms with Gasteiger partial charge in [0.05, 0.1) is 0 Å². The molecule has 1 fully saturated rings. The maximum atomic E-state index is 12.5. The molecular formula is C22H24N4O. The molecule has 1 saturated heterocycles. The molecule has 2 N–H and O–H groups in total. The standard InChI is InChI=1S/C22H24N4O/c27-22(26-14-10-19(11-15-26)18-4-2-1-3-5-18)25-16-17-6-8-20(9-7-17)21-23-12-13-24-21/h1-9,12-13,19H,10-11,14-16H2,(H,23,24)(H,25,27). The maximum absolute atomic E-state index is 12.5. The lowest BCUT2D eigenvalue weighted by molar-refractivity contribution is 0.181. The molecule has 0 aliphatic carbocycles. The minimum absolute atomic E-state index is 0.0247. The lowest BCUT2D eigenvalue weighted by Crippen LogP contribution is -2.43. The number of urea groups is 1. The maximum Gasteiger partial charge on any atom is 0.317 e. The first-order valence-corrected chi connectivity index (χ1v) is 9.46. The molecule has 4 rings (SSSR count). The summed E-state index contributed by atoms with van der Waals surface area (Å²) in [7, 11) is 0. The van der Waals surface area contributed by atoms with Crippen LogP contribution < -0.4 is 5.32 Å². The number of carbonyl (C=O) groups excluding carboxylic acids is 1. The molecule has 138 valence electrons. The highest BCUT2D eigenvalue weighted by Crippen LogP contribution is 2.27. The molecule has 0 saturated carbocycles. The molecule has 0 radical (unpaired) electrons. The summed E-state index contributed by atoms with van der Waals surface area (Å²) in [6.07, 6.45) is 5.60. The van der Waals surface area contributed by atoms with E-state index in [0.29, 0.717) is 12.5 Å². The molecule has 0 unspecified atom stereocenters. The molecule has 1 aliphatic heterocycles. The number of imidazole rings is 1. The van der Waals surface area contributed by atoms with Gasteiger partial charge in [-0.15, -0.1) is 0 Å². The lowest BCUT2D eigenvalue weighted by atomic mass is 9.90. The number of rotatable bonds is 4. The van der Waals surface area contributed by atoms with Crippen LogP contribution in [-0.2, 0) is 6.54 Å². The third-order valence-corrected chi connectivity index (χ3v) is 5.22. The smallest absolute Gasteiger partial charge is 0.317 e. The highest BCUT2D eigenvalue weighted by Gasteiger charge is 2.23. The van der Waals surface area contributed by atoms with E-state index in [1.807, 2.05) is 41.4 Å². The number of piperidine rings is 1. The van der Waals surface area contributed by atoms with Gasteiger partial charge in [0.1, 0.15) is 5.82 Å². The molecule has 2 heterocycles. The van der Waals surface area contributed by atoms with Gasteiger partial charge in [-0.3, -0.25) is 0 Å². The van der Waals surface area contributed by atoms with E-state index in [4.69, 9.17) is 0 Å². The fraction of sp³-hybridized carbons (Fsp3) is 0.273. The van der Waals surface area contributed by atoms with E-state index in [2.05, 4.69) is 39.6 Å². The fourth-order valence-corrected chi connectivity index (χ4v) is 3.63. The van der Waals surface area contributed by atoms with Crippen LogP contribution in [0.5, 0.6) is 0 Å². The number of benzene rings is 2. The van der Waals surface area contributed by atoms with Gasteiger partial charge in [0, 0.05) is 37.6 Å². The van der Waals surface area contributed by atoms with E-state index in [9.17, 15) is 4.79 Å². The molecule has 1 aromatic heterocycles. The minimum Gasteiger partial charge on any atom is -0.345 e. The van der Waals surface area contributed by atoms with Crippen LogP contribution >= 0.6 is 0 Å². The van der Waals surface area contributed by atoms with E-state index in [1.54, 1.807) is 6.20 Å². The highest BCUT2D eigenvalue weighted by atomic mass is 16.2. The number of amides is 2. The summed E-state index contributed by atoms with van der Waals surface area (Å²) in [5.41, 5.74) is 3.50. The number of H-pyrrole nitrogens is 1. The molecule has 27 heavy (non-hydrogen) atoms. The van der Waals surface area contributed by atoms with Crippen LogP contribution in [0.15, 0.2) is 67.0 Å². The topological polar surface area (TPSA) is 61.0 Å². The van der Waals surface area contributed by atoms with Crippen LogP contribution in [0.25, 0.3) is 11.4 Å². The Morgan fingerprint density at radius 3 is 2.48 bits per heavy atom.